The van der Waals surface area contributed by atoms with Gasteiger partial charge in [0.1, 0.15) is 12.1 Å². The van der Waals surface area contributed by atoms with E-state index in [-0.39, 0.29) is 12.1 Å². The average Bonchev–Trinajstić information content (AvgIpc) is 3.39. The Kier molecular flexibility index (Phi) is 6.97. The summed E-state index contributed by atoms with van der Waals surface area (Å²) in [6.45, 7) is 15.3. The zero-order valence-electron chi connectivity index (χ0n) is 20.0. The Bertz CT molecular complexity index is 1160. The van der Waals surface area contributed by atoms with E-state index in [0.29, 0.717) is 37.8 Å². The molecule has 2 fully saturated rings. The van der Waals surface area contributed by atoms with E-state index in [2.05, 4.69) is 33.6 Å². The fourth-order valence-corrected chi connectivity index (χ4v) is 3.97. The SMILES string of the molecule is C=CC(=C\C(=C)C)/C(C)=N/Nc1cc(N2CCOCC2)c2ncn(CC3COC(=O)N3C)c2n1. The second kappa shape index (κ2) is 10.1. The zero-order chi connectivity index (χ0) is 24.2. The normalized spacial score (nSPS) is 19.5. The number of nitrogens with zero attached hydrogens (tertiary/aromatic N) is 6. The number of hydrogen-bond acceptors (Lipinski definition) is 8. The first-order valence-electron chi connectivity index (χ1n) is 11.3. The van der Waals surface area contributed by atoms with E-state index in [4.69, 9.17) is 14.5 Å². The van der Waals surface area contributed by atoms with Gasteiger partial charge in [-0.3, -0.25) is 5.43 Å². The van der Waals surface area contributed by atoms with E-state index in [0.717, 1.165) is 41.2 Å². The Labute approximate surface area is 199 Å². The highest BCUT2D eigenvalue weighted by Gasteiger charge is 2.30. The maximum atomic E-state index is 11.8. The molecule has 0 bridgehead atoms. The quantitative estimate of drug-likeness (QED) is 0.363. The molecule has 0 aromatic carbocycles. The van der Waals surface area contributed by atoms with E-state index in [9.17, 15) is 4.79 Å². The first kappa shape index (κ1) is 23.5. The van der Waals surface area contributed by atoms with Crippen molar-refractivity contribution < 1.29 is 14.3 Å². The van der Waals surface area contributed by atoms with Gasteiger partial charge in [0.25, 0.3) is 0 Å². The highest BCUT2D eigenvalue weighted by Crippen LogP contribution is 2.29. The molecule has 0 aliphatic carbocycles. The molecule has 4 rings (SSSR count). The van der Waals surface area contributed by atoms with Crippen molar-refractivity contribution >= 4 is 34.5 Å². The summed E-state index contributed by atoms with van der Waals surface area (Å²) in [5.41, 5.74) is 8.16. The summed E-state index contributed by atoms with van der Waals surface area (Å²) in [7, 11) is 1.74. The summed E-state index contributed by atoms with van der Waals surface area (Å²) in [5, 5.41) is 4.53. The van der Waals surface area contributed by atoms with Gasteiger partial charge < -0.3 is 23.8 Å². The monoisotopic (exact) mass is 465 g/mol. The predicted molar refractivity (Wildman–Crippen MR) is 133 cm³/mol. The minimum atomic E-state index is -0.315. The topological polar surface area (TPSA) is 97.1 Å². The van der Waals surface area contributed by atoms with E-state index in [1.807, 2.05) is 30.6 Å². The lowest BCUT2D eigenvalue weighted by Gasteiger charge is -2.29. The number of allylic oxidation sites excluding steroid dienone is 4. The maximum absolute atomic E-state index is 11.8. The van der Waals surface area contributed by atoms with Crippen molar-refractivity contribution in [3.63, 3.8) is 0 Å². The minimum absolute atomic E-state index is 0.0853. The Morgan fingerprint density at radius 2 is 2.12 bits per heavy atom. The van der Waals surface area contributed by atoms with Gasteiger partial charge in [0.05, 0.1) is 37.0 Å². The molecule has 34 heavy (non-hydrogen) atoms. The number of amides is 1. The highest BCUT2D eigenvalue weighted by atomic mass is 16.6. The Hall–Kier alpha value is -3.66. The van der Waals surface area contributed by atoms with Crippen LogP contribution >= 0.6 is 0 Å². The van der Waals surface area contributed by atoms with Gasteiger partial charge in [-0.25, -0.2) is 14.8 Å². The van der Waals surface area contributed by atoms with Gasteiger partial charge in [0.2, 0.25) is 0 Å². The van der Waals surface area contributed by atoms with Crippen molar-refractivity contribution in [1.29, 1.82) is 0 Å². The number of cyclic esters (lactones) is 1. The number of likely N-dealkylation sites (N-methyl/N-ethyl adjacent to an activating group) is 1. The molecule has 2 saturated heterocycles. The number of imidazole rings is 1. The molecule has 0 saturated carbocycles. The number of aromatic nitrogens is 3. The number of hydrogen-bond donors (Lipinski definition) is 1. The lowest BCUT2D eigenvalue weighted by molar-refractivity contribution is 0.123. The second-order valence-corrected chi connectivity index (χ2v) is 8.50. The van der Waals surface area contributed by atoms with Crippen molar-refractivity contribution in [3.05, 3.63) is 48.8 Å². The van der Waals surface area contributed by atoms with Gasteiger partial charge in [0.15, 0.2) is 11.5 Å². The molecule has 180 valence electrons. The van der Waals surface area contributed by atoms with E-state index < -0.39 is 0 Å². The van der Waals surface area contributed by atoms with Crippen molar-refractivity contribution in [2.24, 2.45) is 5.10 Å². The Morgan fingerprint density at radius 3 is 2.76 bits per heavy atom. The fraction of sp³-hybridized carbons (Fsp3) is 0.417. The lowest BCUT2D eigenvalue weighted by Crippen LogP contribution is -2.36. The molecule has 0 spiro atoms. The molecular formula is C24H31N7O3. The number of nitrogens with one attached hydrogen (secondary N) is 1. The lowest BCUT2D eigenvalue weighted by atomic mass is 10.1. The maximum Gasteiger partial charge on any atom is 0.410 e. The molecule has 2 aliphatic heterocycles. The van der Waals surface area contributed by atoms with Crippen LogP contribution in [0.1, 0.15) is 13.8 Å². The fourth-order valence-electron chi connectivity index (χ4n) is 3.97. The number of carbonyl (C=O) groups excluding carboxylic acids is 1. The summed E-state index contributed by atoms with van der Waals surface area (Å²) < 4.78 is 12.7. The smallest absolute Gasteiger partial charge is 0.410 e. The molecule has 1 atom stereocenters. The third-order valence-electron chi connectivity index (χ3n) is 5.92. The molecule has 0 radical (unpaired) electrons. The number of anilines is 2. The van der Waals surface area contributed by atoms with Crippen molar-refractivity contribution in [2.45, 2.75) is 26.4 Å². The average molecular weight is 466 g/mol. The van der Waals surface area contributed by atoms with Crippen LogP contribution in [0.4, 0.5) is 16.3 Å². The molecule has 1 N–H and O–H groups in total. The van der Waals surface area contributed by atoms with Crippen LogP contribution in [0.15, 0.2) is 54.0 Å². The highest BCUT2D eigenvalue weighted by molar-refractivity contribution is 6.01. The van der Waals surface area contributed by atoms with Crippen molar-refractivity contribution in [1.82, 2.24) is 19.4 Å². The number of rotatable bonds is 8. The molecule has 1 unspecified atom stereocenters. The molecule has 4 heterocycles. The van der Waals surface area contributed by atoms with Crippen LogP contribution in [0.2, 0.25) is 0 Å². The third-order valence-corrected chi connectivity index (χ3v) is 5.92. The summed E-state index contributed by atoms with van der Waals surface area (Å²) >= 11 is 0. The molecule has 2 aromatic rings. The Morgan fingerprint density at radius 1 is 1.35 bits per heavy atom. The van der Waals surface area contributed by atoms with Crippen LogP contribution in [0.25, 0.3) is 11.2 Å². The number of carbonyl (C=O) groups is 1. The first-order valence-corrected chi connectivity index (χ1v) is 11.3. The number of hydrazone groups is 1. The van der Waals surface area contributed by atoms with Crippen LogP contribution in [0.3, 0.4) is 0 Å². The molecular weight excluding hydrogens is 434 g/mol. The van der Waals surface area contributed by atoms with Gasteiger partial charge in [0, 0.05) is 32.7 Å². The van der Waals surface area contributed by atoms with Crippen LogP contribution in [0, 0.1) is 0 Å². The van der Waals surface area contributed by atoms with Crippen LogP contribution in [-0.2, 0) is 16.0 Å². The number of fused-ring (bicyclic) bond motifs is 1. The number of morpholine rings is 1. The molecule has 1 amide bonds. The summed E-state index contributed by atoms with van der Waals surface area (Å²) in [4.78, 5) is 25.1. The summed E-state index contributed by atoms with van der Waals surface area (Å²) in [6.07, 6.45) is 5.13. The van der Waals surface area contributed by atoms with Gasteiger partial charge >= 0.3 is 6.09 Å². The zero-order valence-corrected chi connectivity index (χ0v) is 20.0. The standard InChI is InChI=1S/C24H31N7O3/c1-6-18(11-16(2)3)17(4)27-28-21-12-20(30-7-9-33-10-8-30)22-23(26-21)31(15-25-22)13-19-14-34-24(32)29(19)5/h6,11-12,15,19H,1-2,7-10,13-14H2,3-5H3,(H,26,28)/b18-11+,27-17+. The summed E-state index contributed by atoms with van der Waals surface area (Å²) in [6, 6.07) is 1.88. The molecule has 10 nitrogen and oxygen atoms in total. The number of ether oxygens (including phenoxy) is 2. The first-order chi connectivity index (χ1) is 16.4. The predicted octanol–water partition coefficient (Wildman–Crippen LogP) is 3.19. The Balaban J connectivity index is 1.69. The molecule has 2 aromatic heterocycles. The minimum Gasteiger partial charge on any atom is -0.447 e. The van der Waals surface area contributed by atoms with Gasteiger partial charge in [-0.1, -0.05) is 30.9 Å². The van der Waals surface area contributed by atoms with Gasteiger partial charge in [-0.15, -0.1) is 0 Å². The van der Waals surface area contributed by atoms with E-state index in [1.54, 1.807) is 24.4 Å². The largest absolute Gasteiger partial charge is 0.447 e. The van der Waals surface area contributed by atoms with Crippen LogP contribution in [0.5, 0.6) is 0 Å². The van der Waals surface area contributed by atoms with Gasteiger partial charge in [-0.05, 0) is 19.4 Å². The number of pyridine rings is 1. The van der Waals surface area contributed by atoms with Gasteiger partial charge in [-0.2, -0.15) is 5.10 Å². The summed E-state index contributed by atoms with van der Waals surface area (Å²) in [5.74, 6) is 0.598. The molecule has 2 aliphatic rings. The van der Waals surface area contributed by atoms with Crippen LogP contribution < -0.4 is 10.3 Å². The third kappa shape index (κ3) is 4.96. The van der Waals surface area contributed by atoms with Crippen molar-refractivity contribution in [2.75, 3.05) is 50.3 Å². The van der Waals surface area contributed by atoms with E-state index in [1.165, 1.54) is 0 Å². The second-order valence-electron chi connectivity index (χ2n) is 8.50. The van der Waals surface area contributed by atoms with Crippen LogP contribution in [-0.4, -0.2) is 77.2 Å². The van der Waals surface area contributed by atoms with Crippen molar-refractivity contribution in [3.8, 4) is 0 Å². The van der Waals surface area contributed by atoms with E-state index >= 15 is 0 Å². The molecule has 10 heteroatoms.